The van der Waals surface area contributed by atoms with Crippen molar-refractivity contribution in [2.45, 2.75) is 34.4 Å². The fraction of sp³-hybridized carbons (Fsp3) is 0.440. The third-order valence-electron chi connectivity index (χ3n) is 5.57. The van der Waals surface area contributed by atoms with Crippen molar-refractivity contribution in [3.63, 3.8) is 0 Å². The van der Waals surface area contributed by atoms with E-state index in [-0.39, 0.29) is 13.2 Å². The second-order valence-electron chi connectivity index (χ2n) is 8.07. The molecule has 0 unspecified atom stereocenters. The van der Waals surface area contributed by atoms with Crippen LogP contribution in [0.15, 0.2) is 24.3 Å². The van der Waals surface area contributed by atoms with Gasteiger partial charge in [-0.2, -0.15) is 0 Å². The van der Waals surface area contributed by atoms with Crippen molar-refractivity contribution >= 4 is 36.3 Å². The molecule has 10 heteroatoms. The van der Waals surface area contributed by atoms with Crippen LogP contribution in [-0.2, 0) is 22.7 Å². The number of carbonyl (C=O) groups excluding carboxylic acids is 2. The van der Waals surface area contributed by atoms with Gasteiger partial charge >= 0.3 is 0 Å². The highest BCUT2D eigenvalue weighted by molar-refractivity contribution is 5.78. The van der Waals surface area contributed by atoms with Gasteiger partial charge in [0.05, 0.1) is 24.7 Å². The predicted octanol–water partition coefficient (Wildman–Crippen LogP) is 2.67. The highest BCUT2D eigenvalue weighted by Crippen LogP contribution is 2.45. The third kappa shape index (κ3) is 7.49. The maximum Gasteiger partial charge on any atom is 0.139 e. The smallest absolute Gasteiger partial charge is 0.139 e. The summed E-state index contributed by atoms with van der Waals surface area (Å²) in [7, 11) is 4.28. The van der Waals surface area contributed by atoms with Crippen molar-refractivity contribution in [2.24, 2.45) is 0 Å². The number of nitrogen functional groups attached to an aromatic ring is 2. The predicted molar refractivity (Wildman–Crippen MR) is 145 cm³/mol. The second-order valence-corrected chi connectivity index (χ2v) is 8.07. The number of hydrogen-bond acceptors (Lipinski definition) is 10. The standard InChI is InChI=1S/C16H26N4O.C6H8N2O.2CH2O.CH4/c1-5-19-10-17(3)8-12-7-14(21)16-13(15(12)19)9-18(4)11-20(16)6-2;7-4-1-2-6(9)5(8)3-4;2*1-2;/h7,21H,5-6,8-11H2,1-4H3;1-3,9H,7-8H2;2*1H2;1H4. The van der Waals surface area contributed by atoms with Gasteiger partial charge in [0.15, 0.2) is 0 Å². The highest BCUT2D eigenvalue weighted by Gasteiger charge is 2.31. The molecule has 0 bridgehead atoms. The molecule has 196 valence electrons. The first-order valence-electron chi connectivity index (χ1n) is 10.9. The van der Waals surface area contributed by atoms with Gasteiger partial charge in [-0.3, -0.25) is 9.80 Å². The third-order valence-corrected chi connectivity index (χ3v) is 5.57. The molecular weight excluding hydrogens is 448 g/mol. The van der Waals surface area contributed by atoms with E-state index in [0.29, 0.717) is 17.1 Å². The minimum absolute atomic E-state index is 0. The van der Waals surface area contributed by atoms with Crippen LogP contribution < -0.4 is 21.3 Å². The lowest BCUT2D eigenvalue weighted by Gasteiger charge is -2.43. The van der Waals surface area contributed by atoms with Gasteiger partial charge in [0.1, 0.15) is 25.1 Å². The Hall–Kier alpha value is -3.50. The maximum absolute atomic E-state index is 10.5. The van der Waals surface area contributed by atoms with E-state index in [0.717, 1.165) is 45.2 Å². The number of phenols is 2. The molecule has 0 aromatic heterocycles. The zero-order valence-corrected chi connectivity index (χ0v) is 20.6. The fourth-order valence-electron chi connectivity index (χ4n) is 4.25. The molecule has 2 aliphatic heterocycles. The van der Waals surface area contributed by atoms with Gasteiger partial charge in [0, 0.05) is 43.1 Å². The van der Waals surface area contributed by atoms with E-state index in [1.807, 2.05) is 19.6 Å². The van der Waals surface area contributed by atoms with Gasteiger partial charge in [-0.1, -0.05) is 7.43 Å². The first-order chi connectivity index (χ1) is 16.2. The fourth-order valence-corrected chi connectivity index (χ4v) is 4.25. The van der Waals surface area contributed by atoms with Gasteiger partial charge < -0.3 is 41.1 Å². The zero-order valence-electron chi connectivity index (χ0n) is 20.6. The quantitative estimate of drug-likeness (QED) is 0.282. The van der Waals surface area contributed by atoms with Crippen LogP contribution in [-0.4, -0.2) is 74.1 Å². The van der Waals surface area contributed by atoms with Crippen LogP contribution in [0.3, 0.4) is 0 Å². The molecular formula is C25H42N6O4. The largest absolute Gasteiger partial charge is 0.506 e. The van der Waals surface area contributed by atoms with Gasteiger partial charge in [0.2, 0.25) is 0 Å². The number of fused-ring (bicyclic) bond motifs is 3. The van der Waals surface area contributed by atoms with Crippen LogP contribution in [0, 0.1) is 0 Å². The molecule has 0 saturated heterocycles. The van der Waals surface area contributed by atoms with Crippen LogP contribution in [0.1, 0.15) is 32.4 Å². The van der Waals surface area contributed by atoms with Crippen LogP contribution in [0.5, 0.6) is 11.5 Å². The summed E-state index contributed by atoms with van der Waals surface area (Å²) in [5.41, 5.74) is 16.4. The van der Waals surface area contributed by atoms with Crippen LogP contribution >= 0.6 is 0 Å². The highest BCUT2D eigenvalue weighted by atomic mass is 16.3. The van der Waals surface area contributed by atoms with Crippen molar-refractivity contribution in [2.75, 3.05) is 61.8 Å². The molecule has 2 aliphatic rings. The minimum Gasteiger partial charge on any atom is -0.506 e. The summed E-state index contributed by atoms with van der Waals surface area (Å²) in [5, 5.41) is 19.4. The van der Waals surface area contributed by atoms with E-state index in [9.17, 15) is 5.11 Å². The molecule has 0 spiro atoms. The van der Waals surface area contributed by atoms with Gasteiger partial charge in [-0.15, -0.1) is 0 Å². The average Bonchev–Trinajstić information content (AvgIpc) is 2.83. The Labute approximate surface area is 209 Å². The summed E-state index contributed by atoms with van der Waals surface area (Å²) < 4.78 is 0. The Morgan fingerprint density at radius 2 is 1.34 bits per heavy atom. The number of nitrogens with two attached hydrogens (primary N) is 2. The first kappa shape index (κ1) is 31.5. The Bertz CT molecular complexity index is 941. The molecule has 10 nitrogen and oxygen atoms in total. The number of phenolic OH excluding ortho intramolecular Hbond substituents is 2. The lowest BCUT2D eigenvalue weighted by atomic mass is 9.98. The van der Waals surface area contributed by atoms with E-state index in [1.165, 1.54) is 28.9 Å². The SMILES string of the molecule is C.C=O.C=O.CCN1CN(C)Cc2c1c(O)cc1c2N(CC)CN(C)C1.Nc1ccc(O)c(N)c1. The van der Waals surface area contributed by atoms with E-state index in [2.05, 4.69) is 47.5 Å². The Morgan fingerprint density at radius 3 is 1.83 bits per heavy atom. The molecule has 0 fully saturated rings. The number of carbonyl (C=O) groups is 2. The second kappa shape index (κ2) is 14.7. The number of benzene rings is 2. The van der Waals surface area contributed by atoms with E-state index < -0.39 is 0 Å². The Morgan fingerprint density at radius 1 is 0.829 bits per heavy atom. The first-order valence-corrected chi connectivity index (χ1v) is 10.9. The summed E-state index contributed by atoms with van der Waals surface area (Å²) in [4.78, 5) is 25.3. The molecule has 0 atom stereocenters. The monoisotopic (exact) mass is 490 g/mol. The Kier molecular flexibility index (Phi) is 13.2. The van der Waals surface area contributed by atoms with Gasteiger partial charge in [-0.25, -0.2) is 0 Å². The lowest BCUT2D eigenvalue weighted by molar-refractivity contribution is -0.0987. The van der Waals surface area contributed by atoms with E-state index in [1.54, 1.807) is 6.07 Å². The van der Waals surface area contributed by atoms with Crippen LogP contribution in [0.2, 0.25) is 0 Å². The summed E-state index contributed by atoms with van der Waals surface area (Å²) in [5.74, 6) is 0.509. The lowest BCUT2D eigenvalue weighted by Crippen LogP contribution is -2.44. The summed E-state index contributed by atoms with van der Waals surface area (Å²) in [6.45, 7) is 13.9. The molecule has 0 amide bonds. The van der Waals surface area contributed by atoms with Crippen molar-refractivity contribution < 1.29 is 19.8 Å². The molecule has 2 aromatic carbocycles. The van der Waals surface area contributed by atoms with Crippen LogP contribution in [0.25, 0.3) is 0 Å². The van der Waals surface area contributed by atoms with E-state index in [4.69, 9.17) is 26.2 Å². The maximum atomic E-state index is 10.5. The molecule has 2 aromatic rings. The number of aromatic hydroxyl groups is 2. The van der Waals surface area contributed by atoms with Crippen LogP contribution in [0.4, 0.5) is 22.7 Å². The molecule has 4 rings (SSSR count). The normalized spacial score (nSPS) is 14.4. The van der Waals surface area contributed by atoms with E-state index >= 15 is 0 Å². The topological polar surface area (TPSA) is 140 Å². The zero-order chi connectivity index (χ0) is 26.0. The summed E-state index contributed by atoms with van der Waals surface area (Å²) in [6, 6.07) is 6.53. The number of rotatable bonds is 2. The number of anilines is 4. The number of nitrogens with zero attached hydrogens (tertiary/aromatic N) is 4. The molecule has 35 heavy (non-hydrogen) atoms. The summed E-state index contributed by atoms with van der Waals surface area (Å²) >= 11 is 0. The Balaban J connectivity index is 0.000000697. The van der Waals surface area contributed by atoms with Crippen molar-refractivity contribution in [1.29, 1.82) is 0 Å². The van der Waals surface area contributed by atoms with Gasteiger partial charge in [0.25, 0.3) is 0 Å². The summed E-state index contributed by atoms with van der Waals surface area (Å²) in [6.07, 6.45) is 0. The van der Waals surface area contributed by atoms with Crippen molar-refractivity contribution in [1.82, 2.24) is 9.80 Å². The molecule has 0 radical (unpaired) electrons. The average molecular weight is 491 g/mol. The molecule has 0 aliphatic carbocycles. The molecule has 0 saturated carbocycles. The molecule has 6 N–H and O–H groups in total. The van der Waals surface area contributed by atoms with Crippen molar-refractivity contribution in [3.05, 3.63) is 35.4 Å². The molecule has 2 heterocycles. The minimum atomic E-state index is 0. The number of hydrogen-bond donors (Lipinski definition) is 4. The van der Waals surface area contributed by atoms with Crippen molar-refractivity contribution in [3.8, 4) is 11.5 Å². The van der Waals surface area contributed by atoms with Gasteiger partial charge in [-0.05, 0) is 57.8 Å².